The van der Waals surface area contributed by atoms with Gasteiger partial charge in [-0.1, -0.05) is 0 Å². The van der Waals surface area contributed by atoms with E-state index in [0.29, 0.717) is 24.3 Å². The highest BCUT2D eigenvalue weighted by Crippen LogP contribution is 2.37. The van der Waals surface area contributed by atoms with Crippen molar-refractivity contribution >= 4 is 5.78 Å². The number of Topliss-reactive ketones (excluding diaryl/α,β-unsaturated/α-hetero) is 1. The number of aromatic nitrogens is 2. The van der Waals surface area contributed by atoms with Crippen LogP contribution >= 0.6 is 0 Å². The van der Waals surface area contributed by atoms with Crippen molar-refractivity contribution in [3.63, 3.8) is 0 Å². The van der Waals surface area contributed by atoms with Gasteiger partial charge in [-0.15, -0.1) is 0 Å². The molecule has 4 heteroatoms. The second-order valence-corrected chi connectivity index (χ2v) is 5.84. The van der Waals surface area contributed by atoms with Crippen molar-refractivity contribution in [1.29, 1.82) is 0 Å². The number of fused-ring (bicyclic) bond motifs is 2. The summed E-state index contributed by atoms with van der Waals surface area (Å²) >= 11 is 0. The molecule has 0 radical (unpaired) electrons. The monoisotopic (exact) mass is 247 g/mol. The minimum absolute atomic E-state index is 0.265. The van der Waals surface area contributed by atoms with Crippen molar-refractivity contribution in [1.82, 2.24) is 14.7 Å². The van der Waals surface area contributed by atoms with Gasteiger partial charge in [0.05, 0.1) is 12.1 Å². The number of nitrogens with zero attached hydrogens (tertiary/aromatic N) is 3. The Morgan fingerprint density at radius 3 is 2.56 bits per heavy atom. The molecule has 2 atom stereocenters. The van der Waals surface area contributed by atoms with E-state index in [1.165, 1.54) is 12.8 Å². The lowest BCUT2D eigenvalue weighted by atomic mass is 9.86. The van der Waals surface area contributed by atoms with Crippen LogP contribution in [0.3, 0.4) is 0 Å². The number of rotatable bonds is 3. The van der Waals surface area contributed by atoms with Crippen LogP contribution in [0.25, 0.3) is 0 Å². The highest BCUT2D eigenvalue weighted by Gasteiger charge is 2.40. The minimum atomic E-state index is 0.265. The van der Waals surface area contributed by atoms with E-state index in [0.717, 1.165) is 18.5 Å². The molecule has 0 N–H and O–H groups in total. The zero-order chi connectivity index (χ0) is 12.7. The third-order valence-corrected chi connectivity index (χ3v) is 4.68. The molecule has 2 saturated heterocycles. The molecule has 98 valence electrons. The second kappa shape index (κ2) is 4.50. The van der Waals surface area contributed by atoms with Crippen LogP contribution in [0.5, 0.6) is 0 Å². The molecule has 2 aliphatic rings. The molecule has 0 saturated carbocycles. The van der Waals surface area contributed by atoms with Gasteiger partial charge in [-0.05, 0) is 38.8 Å². The lowest BCUT2D eigenvalue weighted by Gasteiger charge is -2.35. The van der Waals surface area contributed by atoms with Gasteiger partial charge < -0.3 is 4.90 Å². The molecule has 1 aromatic rings. The van der Waals surface area contributed by atoms with Crippen molar-refractivity contribution in [2.75, 3.05) is 7.05 Å². The van der Waals surface area contributed by atoms with Crippen LogP contribution in [-0.4, -0.2) is 39.6 Å². The Morgan fingerprint density at radius 1 is 1.33 bits per heavy atom. The number of carbonyl (C=O) groups excluding carboxylic acids is 1. The quantitative estimate of drug-likeness (QED) is 0.810. The summed E-state index contributed by atoms with van der Waals surface area (Å²) in [5, 5.41) is 4.30. The highest BCUT2D eigenvalue weighted by molar-refractivity contribution is 5.83. The van der Waals surface area contributed by atoms with Gasteiger partial charge in [0.25, 0.3) is 0 Å². The molecular weight excluding hydrogens is 226 g/mol. The molecule has 2 unspecified atom stereocenters. The molecule has 2 bridgehead atoms. The number of ketones is 1. The topological polar surface area (TPSA) is 38.1 Å². The van der Waals surface area contributed by atoms with Gasteiger partial charge in [0.2, 0.25) is 0 Å². The fourth-order valence-corrected chi connectivity index (χ4v) is 3.55. The largest absolute Gasteiger partial charge is 0.300 e. The van der Waals surface area contributed by atoms with E-state index in [4.69, 9.17) is 0 Å². The SMILES string of the molecule is CN1C2CCC1CC(C(=O)Cc1ccn(C)n1)C2. The first-order chi connectivity index (χ1) is 8.63. The summed E-state index contributed by atoms with van der Waals surface area (Å²) < 4.78 is 1.76. The lowest BCUT2D eigenvalue weighted by Crippen LogP contribution is -2.42. The Morgan fingerprint density at radius 2 is 2.00 bits per heavy atom. The lowest BCUT2D eigenvalue weighted by molar-refractivity contribution is -0.124. The predicted octanol–water partition coefficient (Wildman–Crippen LogP) is 1.40. The summed E-state index contributed by atoms with van der Waals surface area (Å²) in [6.07, 6.45) is 7.07. The van der Waals surface area contributed by atoms with Crippen LogP contribution in [0.1, 0.15) is 31.4 Å². The van der Waals surface area contributed by atoms with Gasteiger partial charge in [-0.25, -0.2) is 0 Å². The van der Waals surface area contributed by atoms with Crippen molar-refractivity contribution < 1.29 is 4.79 Å². The molecule has 3 rings (SSSR count). The number of hydrogen-bond acceptors (Lipinski definition) is 3. The molecular formula is C14H21N3O. The maximum atomic E-state index is 12.3. The summed E-state index contributed by atoms with van der Waals surface area (Å²) in [4.78, 5) is 14.8. The van der Waals surface area contributed by atoms with E-state index in [1.54, 1.807) is 4.68 Å². The molecule has 0 amide bonds. The van der Waals surface area contributed by atoms with Crippen molar-refractivity contribution in [3.8, 4) is 0 Å². The molecule has 3 heterocycles. The molecule has 0 aliphatic carbocycles. The number of carbonyl (C=O) groups is 1. The number of aryl methyl sites for hydroxylation is 1. The van der Waals surface area contributed by atoms with Crippen LogP contribution in [0.2, 0.25) is 0 Å². The molecule has 0 aromatic carbocycles. The van der Waals surface area contributed by atoms with Crippen LogP contribution in [0.4, 0.5) is 0 Å². The smallest absolute Gasteiger partial charge is 0.142 e. The summed E-state index contributed by atoms with van der Waals surface area (Å²) in [7, 11) is 4.10. The minimum Gasteiger partial charge on any atom is -0.300 e. The fourth-order valence-electron chi connectivity index (χ4n) is 3.55. The standard InChI is InChI=1S/C14H21N3O/c1-16-6-5-11(15-16)9-14(18)10-7-12-3-4-13(8-10)17(12)2/h5-6,10,12-13H,3-4,7-9H2,1-2H3. The fraction of sp³-hybridized carbons (Fsp3) is 0.714. The van der Waals surface area contributed by atoms with Crippen LogP contribution < -0.4 is 0 Å². The number of hydrogen-bond donors (Lipinski definition) is 0. The summed E-state index contributed by atoms with van der Waals surface area (Å²) in [5.74, 6) is 0.652. The third kappa shape index (κ3) is 2.09. The van der Waals surface area contributed by atoms with Gasteiger partial charge in [0.15, 0.2) is 0 Å². The summed E-state index contributed by atoms with van der Waals surface area (Å²) in [5.41, 5.74) is 0.911. The maximum Gasteiger partial charge on any atom is 0.142 e. The van der Waals surface area contributed by atoms with Crippen LogP contribution in [-0.2, 0) is 18.3 Å². The second-order valence-electron chi connectivity index (χ2n) is 5.84. The zero-order valence-electron chi connectivity index (χ0n) is 11.2. The predicted molar refractivity (Wildman–Crippen MR) is 69.2 cm³/mol. The maximum absolute atomic E-state index is 12.3. The molecule has 1 aromatic heterocycles. The van der Waals surface area contributed by atoms with Gasteiger partial charge in [-0.2, -0.15) is 5.10 Å². The normalized spacial score (nSPS) is 31.8. The Kier molecular flexibility index (Phi) is 2.98. The Bertz CT molecular complexity index is 440. The van der Waals surface area contributed by atoms with E-state index in [9.17, 15) is 4.79 Å². The van der Waals surface area contributed by atoms with Crippen LogP contribution in [0.15, 0.2) is 12.3 Å². The van der Waals surface area contributed by atoms with E-state index in [-0.39, 0.29) is 5.92 Å². The first-order valence-corrected chi connectivity index (χ1v) is 6.86. The van der Waals surface area contributed by atoms with Gasteiger partial charge in [-0.3, -0.25) is 9.48 Å². The van der Waals surface area contributed by atoms with Crippen molar-refractivity contribution in [3.05, 3.63) is 18.0 Å². The van der Waals surface area contributed by atoms with Crippen molar-refractivity contribution in [2.24, 2.45) is 13.0 Å². The Hall–Kier alpha value is -1.16. The molecule has 18 heavy (non-hydrogen) atoms. The zero-order valence-corrected chi connectivity index (χ0v) is 11.2. The van der Waals surface area contributed by atoms with Crippen molar-refractivity contribution in [2.45, 2.75) is 44.2 Å². The summed E-state index contributed by atoms with van der Waals surface area (Å²) in [6, 6.07) is 3.23. The molecule has 4 nitrogen and oxygen atoms in total. The Labute approximate surface area is 108 Å². The average Bonchev–Trinajstić information content (AvgIpc) is 2.80. The first-order valence-electron chi connectivity index (χ1n) is 6.86. The highest BCUT2D eigenvalue weighted by atomic mass is 16.1. The average molecular weight is 247 g/mol. The van der Waals surface area contributed by atoms with E-state index < -0.39 is 0 Å². The summed E-state index contributed by atoms with van der Waals surface area (Å²) in [6.45, 7) is 0. The van der Waals surface area contributed by atoms with E-state index in [1.807, 2.05) is 19.3 Å². The third-order valence-electron chi connectivity index (χ3n) is 4.68. The van der Waals surface area contributed by atoms with Crippen LogP contribution in [0, 0.1) is 5.92 Å². The van der Waals surface area contributed by atoms with E-state index in [2.05, 4.69) is 17.0 Å². The van der Waals surface area contributed by atoms with Gasteiger partial charge in [0.1, 0.15) is 5.78 Å². The number of piperidine rings is 1. The molecule has 0 spiro atoms. The first kappa shape index (κ1) is 11.9. The molecule has 2 fully saturated rings. The molecule has 2 aliphatic heterocycles. The Balaban J connectivity index is 1.64. The van der Waals surface area contributed by atoms with Gasteiger partial charge in [0, 0.05) is 31.2 Å². The van der Waals surface area contributed by atoms with Gasteiger partial charge >= 0.3 is 0 Å². The van der Waals surface area contributed by atoms with E-state index >= 15 is 0 Å².